The van der Waals surface area contributed by atoms with Crippen LogP contribution in [0.4, 0.5) is 11.4 Å². The fourth-order valence-electron chi connectivity index (χ4n) is 4.06. The number of anilines is 1. The third-order valence-corrected chi connectivity index (χ3v) is 7.15. The number of carbonyl (C=O) groups excluding carboxylic acids is 2. The zero-order valence-electron chi connectivity index (χ0n) is 20.5. The normalized spacial score (nSPS) is 16.7. The first-order valence-electron chi connectivity index (χ1n) is 11.9. The highest BCUT2D eigenvalue weighted by atomic mass is 32.2. The van der Waals surface area contributed by atoms with E-state index < -0.39 is 5.25 Å². The first-order chi connectivity index (χ1) is 16.9. The summed E-state index contributed by atoms with van der Waals surface area (Å²) in [5.41, 5.74) is 6.04. The van der Waals surface area contributed by atoms with Gasteiger partial charge in [0.25, 0.3) is 0 Å². The van der Waals surface area contributed by atoms with Gasteiger partial charge in [-0.1, -0.05) is 66.4 Å². The number of amides is 2. The predicted octanol–water partition coefficient (Wildman–Crippen LogP) is 6.20. The lowest BCUT2D eigenvalue weighted by atomic mass is 10.1. The van der Waals surface area contributed by atoms with Crippen molar-refractivity contribution >= 4 is 40.1 Å². The average Bonchev–Trinajstić information content (AvgIpc) is 3.11. The van der Waals surface area contributed by atoms with E-state index in [2.05, 4.69) is 17.4 Å². The second-order valence-corrected chi connectivity index (χ2v) is 10.2. The summed E-state index contributed by atoms with van der Waals surface area (Å²) in [5, 5.41) is 3.17. The Morgan fingerprint density at radius 3 is 2.51 bits per heavy atom. The Balaban J connectivity index is 1.48. The highest BCUT2D eigenvalue weighted by Crippen LogP contribution is 2.32. The van der Waals surface area contributed by atoms with E-state index in [-0.39, 0.29) is 18.2 Å². The highest BCUT2D eigenvalue weighted by molar-refractivity contribution is 8.15. The molecule has 35 heavy (non-hydrogen) atoms. The molecule has 180 valence electrons. The largest absolute Gasteiger partial charge is 0.326 e. The Morgan fingerprint density at radius 2 is 1.74 bits per heavy atom. The minimum atomic E-state index is -0.486. The third-order valence-electron chi connectivity index (χ3n) is 5.97. The van der Waals surface area contributed by atoms with E-state index in [4.69, 9.17) is 4.99 Å². The topological polar surface area (TPSA) is 61.8 Å². The van der Waals surface area contributed by atoms with Crippen molar-refractivity contribution in [2.24, 2.45) is 4.99 Å². The number of nitrogens with zero attached hydrogens (tertiary/aromatic N) is 2. The number of amidine groups is 1. The molecule has 0 bridgehead atoms. The van der Waals surface area contributed by atoms with Gasteiger partial charge in [-0.3, -0.25) is 14.5 Å². The standard InChI is InChI=1S/C29H31N3O2S/c1-20-9-7-13-24(17-20)30-29-32(16-8-12-23-10-5-4-6-11-23)28(34)26(35-29)19-27(33)31-25-18-21(2)14-15-22(25)3/h4-7,9-11,13-15,17-18,26H,8,12,16,19H2,1-3H3,(H,31,33). The number of aliphatic imine (C=N–C) groups is 1. The summed E-state index contributed by atoms with van der Waals surface area (Å²) in [4.78, 5) is 32.8. The predicted molar refractivity (Wildman–Crippen MR) is 145 cm³/mol. The van der Waals surface area contributed by atoms with Gasteiger partial charge in [-0.15, -0.1) is 0 Å². The second kappa shape index (κ2) is 11.4. The van der Waals surface area contributed by atoms with Crippen LogP contribution in [0.1, 0.15) is 35.1 Å². The molecule has 6 heteroatoms. The van der Waals surface area contributed by atoms with Crippen LogP contribution in [0.5, 0.6) is 0 Å². The van der Waals surface area contributed by atoms with E-state index in [0.29, 0.717) is 11.7 Å². The van der Waals surface area contributed by atoms with Crippen molar-refractivity contribution in [2.45, 2.75) is 45.3 Å². The Hall–Kier alpha value is -3.38. The quantitative estimate of drug-likeness (QED) is 0.413. The van der Waals surface area contributed by atoms with Crippen molar-refractivity contribution in [1.29, 1.82) is 0 Å². The maximum atomic E-state index is 13.4. The molecule has 3 aromatic carbocycles. The molecule has 1 unspecified atom stereocenters. The molecule has 5 nitrogen and oxygen atoms in total. The Morgan fingerprint density at radius 1 is 0.971 bits per heavy atom. The van der Waals surface area contributed by atoms with E-state index in [1.165, 1.54) is 17.3 Å². The van der Waals surface area contributed by atoms with Crippen molar-refractivity contribution in [3.8, 4) is 0 Å². The van der Waals surface area contributed by atoms with E-state index in [1.54, 1.807) is 4.90 Å². The van der Waals surface area contributed by atoms with E-state index in [9.17, 15) is 9.59 Å². The summed E-state index contributed by atoms with van der Waals surface area (Å²) in [5.74, 6) is -0.212. The molecule has 1 aliphatic heterocycles. The van der Waals surface area contributed by atoms with Crippen LogP contribution in [0.2, 0.25) is 0 Å². The van der Waals surface area contributed by atoms with Crippen LogP contribution >= 0.6 is 11.8 Å². The van der Waals surface area contributed by atoms with Crippen molar-refractivity contribution in [3.05, 3.63) is 95.1 Å². The van der Waals surface area contributed by atoms with Crippen LogP contribution in [-0.4, -0.2) is 33.7 Å². The SMILES string of the molecule is Cc1cccc(N=C2SC(CC(=O)Nc3cc(C)ccc3C)C(=O)N2CCCc2ccccc2)c1. The van der Waals surface area contributed by atoms with Gasteiger partial charge in [-0.25, -0.2) is 4.99 Å². The number of nitrogens with one attached hydrogen (secondary N) is 1. The van der Waals surface area contributed by atoms with Gasteiger partial charge >= 0.3 is 0 Å². The molecule has 3 aromatic rings. The van der Waals surface area contributed by atoms with Crippen molar-refractivity contribution in [3.63, 3.8) is 0 Å². The van der Waals surface area contributed by atoms with E-state index >= 15 is 0 Å². The molecule has 1 fully saturated rings. The molecule has 0 radical (unpaired) electrons. The number of aryl methyl sites for hydroxylation is 4. The Kier molecular flexibility index (Phi) is 8.03. The maximum Gasteiger partial charge on any atom is 0.242 e. The number of hydrogen-bond acceptors (Lipinski definition) is 4. The van der Waals surface area contributed by atoms with Gasteiger partial charge in [0.05, 0.1) is 5.69 Å². The van der Waals surface area contributed by atoms with Gasteiger partial charge in [0.1, 0.15) is 5.25 Å². The first kappa shape index (κ1) is 24.7. The third kappa shape index (κ3) is 6.61. The molecular weight excluding hydrogens is 454 g/mol. The van der Waals surface area contributed by atoms with E-state index in [1.807, 2.05) is 81.4 Å². The molecule has 1 aliphatic rings. The fraction of sp³-hybridized carbons (Fsp3) is 0.276. The molecule has 0 aliphatic carbocycles. The summed E-state index contributed by atoms with van der Waals surface area (Å²) in [6.45, 7) is 6.55. The fourth-order valence-corrected chi connectivity index (χ4v) is 5.25. The zero-order valence-corrected chi connectivity index (χ0v) is 21.3. The molecule has 0 spiro atoms. The number of thioether (sulfide) groups is 1. The maximum absolute atomic E-state index is 13.4. The minimum Gasteiger partial charge on any atom is -0.326 e. The Labute approximate surface area is 211 Å². The van der Waals surface area contributed by atoms with Crippen LogP contribution in [0.15, 0.2) is 77.8 Å². The van der Waals surface area contributed by atoms with Crippen LogP contribution in [0.25, 0.3) is 0 Å². The number of hydrogen-bond donors (Lipinski definition) is 1. The molecule has 0 aromatic heterocycles. The van der Waals surface area contributed by atoms with Gasteiger partial charge in [0.2, 0.25) is 11.8 Å². The molecule has 4 rings (SSSR count). The lowest BCUT2D eigenvalue weighted by Gasteiger charge is -2.16. The van der Waals surface area contributed by atoms with Crippen LogP contribution in [0, 0.1) is 20.8 Å². The first-order valence-corrected chi connectivity index (χ1v) is 12.8. The lowest BCUT2D eigenvalue weighted by Crippen LogP contribution is -2.34. The summed E-state index contributed by atoms with van der Waals surface area (Å²) in [6, 6.07) is 24.1. The van der Waals surface area contributed by atoms with Gasteiger partial charge in [0, 0.05) is 18.7 Å². The van der Waals surface area contributed by atoms with Gasteiger partial charge in [-0.2, -0.15) is 0 Å². The minimum absolute atomic E-state index is 0.0504. The van der Waals surface area contributed by atoms with E-state index in [0.717, 1.165) is 40.9 Å². The van der Waals surface area contributed by atoms with Gasteiger partial charge < -0.3 is 5.32 Å². The molecule has 1 saturated heterocycles. The molecule has 1 heterocycles. The van der Waals surface area contributed by atoms with Crippen molar-refractivity contribution in [1.82, 2.24) is 4.90 Å². The van der Waals surface area contributed by atoms with Gasteiger partial charge in [-0.05, 0) is 74.1 Å². The lowest BCUT2D eigenvalue weighted by molar-refractivity contribution is -0.128. The number of benzene rings is 3. The summed E-state index contributed by atoms with van der Waals surface area (Å²) >= 11 is 1.39. The molecule has 2 amide bonds. The number of rotatable bonds is 8. The second-order valence-electron chi connectivity index (χ2n) is 8.99. The molecule has 0 saturated carbocycles. The van der Waals surface area contributed by atoms with Crippen LogP contribution < -0.4 is 5.32 Å². The van der Waals surface area contributed by atoms with Gasteiger partial charge in [0.15, 0.2) is 5.17 Å². The smallest absolute Gasteiger partial charge is 0.242 e. The molecular formula is C29H31N3O2S. The summed E-state index contributed by atoms with van der Waals surface area (Å²) in [6.07, 6.45) is 1.81. The summed E-state index contributed by atoms with van der Waals surface area (Å²) in [7, 11) is 0. The van der Waals surface area contributed by atoms with Crippen LogP contribution in [0.3, 0.4) is 0 Å². The Bertz CT molecular complexity index is 1240. The van der Waals surface area contributed by atoms with Crippen molar-refractivity contribution < 1.29 is 9.59 Å². The average molecular weight is 486 g/mol. The molecule has 1 N–H and O–H groups in total. The number of carbonyl (C=O) groups is 2. The monoisotopic (exact) mass is 485 g/mol. The summed E-state index contributed by atoms with van der Waals surface area (Å²) < 4.78 is 0. The van der Waals surface area contributed by atoms with Crippen molar-refractivity contribution in [2.75, 3.05) is 11.9 Å². The molecule has 1 atom stereocenters. The van der Waals surface area contributed by atoms with Crippen LogP contribution in [-0.2, 0) is 16.0 Å². The zero-order chi connectivity index (χ0) is 24.8. The highest BCUT2D eigenvalue weighted by Gasteiger charge is 2.39.